The van der Waals surface area contributed by atoms with E-state index in [-0.39, 0.29) is 23.3 Å². The maximum absolute atomic E-state index is 12.7. The zero-order valence-electron chi connectivity index (χ0n) is 16.2. The molecule has 0 spiro atoms. The van der Waals surface area contributed by atoms with E-state index >= 15 is 0 Å². The monoisotopic (exact) mass is 352 g/mol. The molecule has 26 heavy (non-hydrogen) atoms. The van der Waals surface area contributed by atoms with Gasteiger partial charge in [0.05, 0.1) is 6.04 Å². The molecule has 2 aromatic rings. The van der Waals surface area contributed by atoms with Gasteiger partial charge in [0.1, 0.15) is 0 Å². The first-order valence-corrected chi connectivity index (χ1v) is 8.91. The lowest BCUT2D eigenvalue weighted by atomic mass is 9.85. The molecular formula is C22H28N2O2. The second-order valence-corrected chi connectivity index (χ2v) is 8.01. The minimum Gasteiger partial charge on any atom is -0.366 e. The number of hydrogen-bond donors (Lipinski definition) is 2. The largest absolute Gasteiger partial charge is 0.366 e. The van der Waals surface area contributed by atoms with Crippen LogP contribution in [0.25, 0.3) is 0 Å². The van der Waals surface area contributed by atoms with Gasteiger partial charge >= 0.3 is 0 Å². The van der Waals surface area contributed by atoms with Crippen LogP contribution in [0.4, 0.5) is 0 Å². The summed E-state index contributed by atoms with van der Waals surface area (Å²) < 4.78 is 0. The fourth-order valence-electron chi connectivity index (χ4n) is 2.86. The molecule has 0 aliphatic heterocycles. The maximum Gasteiger partial charge on any atom is 0.251 e. The maximum atomic E-state index is 12.7. The number of amides is 2. The lowest BCUT2D eigenvalue weighted by Crippen LogP contribution is -2.32. The van der Waals surface area contributed by atoms with Gasteiger partial charge in [-0.2, -0.15) is 0 Å². The average Bonchev–Trinajstić information content (AvgIpc) is 2.58. The van der Waals surface area contributed by atoms with Crippen molar-refractivity contribution >= 4 is 11.8 Å². The molecule has 2 aromatic carbocycles. The first-order valence-electron chi connectivity index (χ1n) is 8.91. The predicted molar refractivity (Wildman–Crippen MR) is 105 cm³/mol. The van der Waals surface area contributed by atoms with Gasteiger partial charge < -0.3 is 11.1 Å². The van der Waals surface area contributed by atoms with Crippen LogP contribution in [0.1, 0.15) is 72.5 Å². The van der Waals surface area contributed by atoms with Crippen molar-refractivity contribution in [2.75, 3.05) is 0 Å². The summed E-state index contributed by atoms with van der Waals surface area (Å²) in [5.74, 6) is -0.539. The highest BCUT2D eigenvalue weighted by atomic mass is 16.2. The first kappa shape index (κ1) is 19.7. The van der Waals surface area contributed by atoms with Crippen molar-refractivity contribution < 1.29 is 9.59 Å². The van der Waals surface area contributed by atoms with Gasteiger partial charge in [-0.3, -0.25) is 9.59 Å². The number of carbonyl (C=O) groups excluding carboxylic acids is 2. The second kappa shape index (κ2) is 7.73. The fraction of sp³-hybridized carbons (Fsp3) is 0.364. The molecule has 1 atom stereocenters. The summed E-state index contributed by atoms with van der Waals surface area (Å²) in [5.41, 5.74) is 8.46. The van der Waals surface area contributed by atoms with E-state index < -0.39 is 5.91 Å². The number of nitrogens with one attached hydrogen (secondary N) is 1. The molecule has 3 N–H and O–H groups in total. The molecule has 138 valence electrons. The molecule has 0 heterocycles. The highest BCUT2D eigenvalue weighted by Crippen LogP contribution is 2.27. The molecule has 4 heteroatoms. The highest BCUT2D eigenvalue weighted by Gasteiger charge is 2.21. The molecule has 0 aromatic heterocycles. The summed E-state index contributed by atoms with van der Waals surface area (Å²) in [6.45, 7) is 10.7. The zero-order valence-corrected chi connectivity index (χ0v) is 16.2. The Balaban J connectivity index is 2.24. The molecule has 4 nitrogen and oxygen atoms in total. The Kier molecular flexibility index (Phi) is 5.86. The van der Waals surface area contributed by atoms with Crippen LogP contribution in [0, 0.1) is 5.92 Å². The summed E-state index contributed by atoms with van der Waals surface area (Å²) in [6.07, 6.45) is 0. The number of hydrogen-bond acceptors (Lipinski definition) is 2. The van der Waals surface area contributed by atoms with Crippen molar-refractivity contribution in [3.05, 3.63) is 70.8 Å². The van der Waals surface area contributed by atoms with E-state index in [2.05, 4.69) is 64.2 Å². The van der Waals surface area contributed by atoms with Gasteiger partial charge in [-0.1, -0.05) is 65.0 Å². The number of benzene rings is 2. The molecular weight excluding hydrogens is 324 g/mol. The van der Waals surface area contributed by atoms with Crippen molar-refractivity contribution in [3.63, 3.8) is 0 Å². The molecule has 0 fully saturated rings. The minimum atomic E-state index is -0.544. The number of rotatable bonds is 5. The van der Waals surface area contributed by atoms with Crippen LogP contribution in [0.2, 0.25) is 0 Å². The summed E-state index contributed by atoms with van der Waals surface area (Å²) >= 11 is 0. The molecule has 2 rings (SSSR count). The molecule has 0 saturated heterocycles. The van der Waals surface area contributed by atoms with E-state index in [4.69, 9.17) is 5.73 Å². The standard InChI is InChI=1S/C22H28N2O2/c1-14(2)19(15-9-11-18(12-10-15)22(3,4)5)24-21(26)17-8-6-7-16(13-17)20(23)25/h6-14,19H,1-5H3,(H2,23,25)(H,24,26). The Hall–Kier alpha value is -2.62. The fourth-order valence-corrected chi connectivity index (χ4v) is 2.86. The van der Waals surface area contributed by atoms with Crippen molar-refractivity contribution in [1.82, 2.24) is 5.32 Å². The average molecular weight is 352 g/mol. The predicted octanol–water partition coefficient (Wildman–Crippen LogP) is 4.21. The highest BCUT2D eigenvalue weighted by molar-refractivity contribution is 5.99. The molecule has 0 aliphatic carbocycles. The van der Waals surface area contributed by atoms with Crippen LogP contribution in [-0.4, -0.2) is 11.8 Å². The molecule has 0 radical (unpaired) electrons. The van der Waals surface area contributed by atoms with Crippen LogP contribution >= 0.6 is 0 Å². The smallest absolute Gasteiger partial charge is 0.251 e. The van der Waals surface area contributed by atoms with Crippen LogP contribution < -0.4 is 11.1 Å². The quantitative estimate of drug-likeness (QED) is 0.846. The van der Waals surface area contributed by atoms with Crippen LogP contribution in [0.15, 0.2) is 48.5 Å². The second-order valence-electron chi connectivity index (χ2n) is 8.01. The van der Waals surface area contributed by atoms with E-state index in [9.17, 15) is 9.59 Å². The van der Waals surface area contributed by atoms with Crippen molar-refractivity contribution in [2.24, 2.45) is 11.7 Å². The van der Waals surface area contributed by atoms with Gasteiger partial charge in [0, 0.05) is 11.1 Å². The van der Waals surface area contributed by atoms with E-state index in [0.29, 0.717) is 11.1 Å². The molecule has 0 bridgehead atoms. The Morgan fingerprint density at radius 3 is 2.04 bits per heavy atom. The van der Waals surface area contributed by atoms with Crippen LogP contribution in [0.3, 0.4) is 0 Å². The van der Waals surface area contributed by atoms with E-state index in [0.717, 1.165) is 5.56 Å². The van der Waals surface area contributed by atoms with Gasteiger partial charge in [-0.25, -0.2) is 0 Å². The Morgan fingerprint density at radius 1 is 0.962 bits per heavy atom. The van der Waals surface area contributed by atoms with Gasteiger partial charge in [-0.15, -0.1) is 0 Å². The first-order chi connectivity index (χ1) is 12.1. The van der Waals surface area contributed by atoms with E-state index in [1.54, 1.807) is 18.2 Å². The normalized spacial score (nSPS) is 12.7. The molecule has 0 saturated carbocycles. The third kappa shape index (κ3) is 4.72. The summed E-state index contributed by atoms with van der Waals surface area (Å²) in [5, 5.41) is 3.08. The van der Waals surface area contributed by atoms with Crippen LogP contribution in [-0.2, 0) is 5.41 Å². The Morgan fingerprint density at radius 2 is 1.54 bits per heavy atom. The Bertz CT molecular complexity index is 787. The van der Waals surface area contributed by atoms with Gasteiger partial charge in [0.15, 0.2) is 0 Å². The van der Waals surface area contributed by atoms with E-state index in [1.807, 2.05) is 0 Å². The van der Waals surface area contributed by atoms with Gasteiger partial charge in [0.2, 0.25) is 5.91 Å². The number of primary amides is 1. The molecule has 2 amide bonds. The van der Waals surface area contributed by atoms with Crippen molar-refractivity contribution in [1.29, 1.82) is 0 Å². The lowest BCUT2D eigenvalue weighted by molar-refractivity contribution is 0.0925. The number of carbonyl (C=O) groups is 2. The zero-order chi connectivity index (χ0) is 19.5. The van der Waals surface area contributed by atoms with Gasteiger partial charge in [-0.05, 0) is 40.7 Å². The summed E-state index contributed by atoms with van der Waals surface area (Å²) in [4.78, 5) is 24.0. The third-order valence-corrected chi connectivity index (χ3v) is 4.50. The minimum absolute atomic E-state index is 0.0876. The van der Waals surface area contributed by atoms with Crippen molar-refractivity contribution in [3.8, 4) is 0 Å². The van der Waals surface area contributed by atoms with Crippen molar-refractivity contribution in [2.45, 2.75) is 46.1 Å². The van der Waals surface area contributed by atoms with E-state index in [1.165, 1.54) is 11.6 Å². The number of nitrogens with two attached hydrogens (primary N) is 1. The van der Waals surface area contributed by atoms with Gasteiger partial charge in [0.25, 0.3) is 5.91 Å². The lowest BCUT2D eigenvalue weighted by Gasteiger charge is -2.25. The molecule has 0 aliphatic rings. The third-order valence-electron chi connectivity index (χ3n) is 4.50. The SMILES string of the molecule is CC(C)C(NC(=O)c1cccc(C(N)=O)c1)c1ccc(C(C)(C)C)cc1. The topological polar surface area (TPSA) is 72.2 Å². The summed E-state index contributed by atoms with van der Waals surface area (Å²) in [7, 11) is 0. The Labute approximate surface area is 155 Å². The molecule has 1 unspecified atom stereocenters. The summed E-state index contributed by atoms with van der Waals surface area (Å²) in [6, 6.07) is 14.7. The van der Waals surface area contributed by atoms with Crippen LogP contribution in [0.5, 0.6) is 0 Å².